The van der Waals surface area contributed by atoms with Crippen LogP contribution in [0.1, 0.15) is 30.4 Å². The van der Waals surface area contributed by atoms with Gasteiger partial charge in [0.1, 0.15) is 5.82 Å². The molecule has 1 atom stereocenters. The molecular formula is C20H33FN4O2. The number of nitrogens with zero attached hydrogens (tertiary/aromatic N) is 2. The van der Waals surface area contributed by atoms with E-state index >= 15 is 0 Å². The van der Waals surface area contributed by atoms with Crippen molar-refractivity contribution in [2.45, 2.75) is 38.5 Å². The van der Waals surface area contributed by atoms with E-state index in [9.17, 15) is 4.39 Å². The molecule has 1 saturated heterocycles. The Morgan fingerprint density at radius 1 is 1.37 bits per heavy atom. The van der Waals surface area contributed by atoms with E-state index in [-0.39, 0.29) is 11.9 Å². The maximum Gasteiger partial charge on any atom is 0.191 e. The minimum Gasteiger partial charge on any atom is -0.379 e. The maximum atomic E-state index is 13.9. The molecule has 0 aromatic heterocycles. The molecular weight excluding hydrogens is 347 g/mol. The first kappa shape index (κ1) is 21.6. The summed E-state index contributed by atoms with van der Waals surface area (Å²) in [5, 5.41) is 6.54. The monoisotopic (exact) mass is 380 g/mol. The average Bonchev–Trinajstić information content (AvgIpc) is 3.16. The number of guanidine groups is 1. The molecule has 6 nitrogen and oxygen atoms in total. The highest BCUT2D eigenvalue weighted by Gasteiger charge is 2.14. The Labute approximate surface area is 162 Å². The van der Waals surface area contributed by atoms with E-state index < -0.39 is 0 Å². The summed E-state index contributed by atoms with van der Waals surface area (Å²) in [6, 6.07) is 5.22. The summed E-state index contributed by atoms with van der Waals surface area (Å²) in [7, 11) is 5.60. The molecule has 2 rings (SSSR count). The number of hydrogen-bond donors (Lipinski definition) is 2. The van der Waals surface area contributed by atoms with Gasteiger partial charge in [-0.05, 0) is 51.1 Å². The minimum absolute atomic E-state index is 0.169. The lowest BCUT2D eigenvalue weighted by molar-refractivity contribution is 0.0168. The van der Waals surface area contributed by atoms with Gasteiger partial charge < -0.3 is 25.0 Å². The van der Waals surface area contributed by atoms with Gasteiger partial charge in [-0.3, -0.25) is 4.99 Å². The van der Waals surface area contributed by atoms with E-state index in [2.05, 4.69) is 15.6 Å². The fourth-order valence-electron chi connectivity index (χ4n) is 2.98. The molecule has 0 aliphatic carbocycles. The molecule has 7 heteroatoms. The van der Waals surface area contributed by atoms with Gasteiger partial charge in [0.2, 0.25) is 0 Å². The van der Waals surface area contributed by atoms with E-state index in [4.69, 9.17) is 9.47 Å². The highest BCUT2D eigenvalue weighted by molar-refractivity contribution is 5.79. The van der Waals surface area contributed by atoms with Crippen LogP contribution in [0.5, 0.6) is 0 Å². The van der Waals surface area contributed by atoms with Gasteiger partial charge in [0, 0.05) is 45.5 Å². The van der Waals surface area contributed by atoms with Gasteiger partial charge in [0.15, 0.2) is 5.96 Å². The molecule has 1 aromatic rings. The van der Waals surface area contributed by atoms with Crippen LogP contribution in [0.4, 0.5) is 4.39 Å². The van der Waals surface area contributed by atoms with E-state index in [0.29, 0.717) is 31.9 Å². The summed E-state index contributed by atoms with van der Waals surface area (Å²) in [4.78, 5) is 6.18. The highest BCUT2D eigenvalue weighted by atomic mass is 19.1. The molecule has 0 bridgehead atoms. The summed E-state index contributed by atoms with van der Waals surface area (Å²) in [5.41, 5.74) is 1.72. The van der Waals surface area contributed by atoms with Crippen LogP contribution in [0.2, 0.25) is 0 Å². The molecule has 1 heterocycles. The molecule has 2 N–H and O–H groups in total. The van der Waals surface area contributed by atoms with Crippen molar-refractivity contribution in [3.8, 4) is 0 Å². The molecule has 1 unspecified atom stereocenters. The van der Waals surface area contributed by atoms with Crippen LogP contribution >= 0.6 is 0 Å². The lowest BCUT2D eigenvalue weighted by Crippen LogP contribution is -2.37. The van der Waals surface area contributed by atoms with E-state index in [0.717, 1.165) is 43.9 Å². The number of nitrogens with one attached hydrogen (secondary N) is 2. The van der Waals surface area contributed by atoms with Crippen molar-refractivity contribution in [2.75, 3.05) is 47.5 Å². The first-order chi connectivity index (χ1) is 13.1. The summed E-state index contributed by atoms with van der Waals surface area (Å²) < 4.78 is 25.0. The third-order valence-corrected chi connectivity index (χ3v) is 4.37. The molecule has 0 saturated carbocycles. The molecule has 0 amide bonds. The van der Waals surface area contributed by atoms with Crippen LogP contribution < -0.4 is 10.6 Å². The number of benzene rings is 1. The van der Waals surface area contributed by atoms with Crippen molar-refractivity contribution in [1.82, 2.24) is 15.5 Å². The van der Waals surface area contributed by atoms with Crippen LogP contribution in [-0.4, -0.2) is 64.5 Å². The highest BCUT2D eigenvalue weighted by Crippen LogP contribution is 2.13. The topological polar surface area (TPSA) is 58.1 Å². The third kappa shape index (κ3) is 8.24. The maximum absolute atomic E-state index is 13.9. The number of hydrogen-bond acceptors (Lipinski definition) is 4. The zero-order valence-corrected chi connectivity index (χ0v) is 16.8. The van der Waals surface area contributed by atoms with Gasteiger partial charge in [-0.2, -0.15) is 0 Å². The van der Waals surface area contributed by atoms with Crippen molar-refractivity contribution in [3.63, 3.8) is 0 Å². The second-order valence-corrected chi connectivity index (χ2v) is 7.08. The standard InChI is InChI=1S/C20H33FN4O2/c1-22-20(23-9-5-10-26-15-18-6-4-11-27-18)24-13-16-7-8-19(21)17(12-16)14-25(2)3/h7-8,12,18H,4-6,9-11,13-15H2,1-3H3,(H2,22,23,24). The minimum atomic E-state index is -0.169. The van der Waals surface area contributed by atoms with Crippen molar-refractivity contribution in [3.05, 3.63) is 35.1 Å². The number of ether oxygens (including phenoxy) is 2. The molecule has 0 spiro atoms. The van der Waals surface area contributed by atoms with Crippen molar-refractivity contribution >= 4 is 5.96 Å². The Morgan fingerprint density at radius 3 is 2.93 bits per heavy atom. The van der Waals surface area contributed by atoms with Crippen LogP contribution in [0, 0.1) is 5.82 Å². The fourth-order valence-corrected chi connectivity index (χ4v) is 2.98. The molecule has 0 radical (unpaired) electrons. The average molecular weight is 381 g/mol. The van der Waals surface area contributed by atoms with Crippen molar-refractivity contribution in [1.29, 1.82) is 0 Å². The van der Waals surface area contributed by atoms with Crippen molar-refractivity contribution < 1.29 is 13.9 Å². The van der Waals surface area contributed by atoms with Gasteiger partial charge in [-0.15, -0.1) is 0 Å². The van der Waals surface area contributed by atoms with Gasteiger partial charge in [0.05, 0.1) is 12.7 Å². The Hall–Kier alpha value is -1.70. The molecule has 1 aliphatic heterocycles. The van der Waals surface area contributed by atoms with E-state index in [1.165, 1.54) is 6.07 Å². The lowest BCUT2D eigenvalue weighted by Gasteiger charge is -2.14. The first-order valence-corrected chi connectivity index (χ1v) is 9.64. The second-order valence-electron chi connectivity index (χ2n) is 7.08. The lowest BCUT2D eigenvalue weighted by atomic mass is 10.1. The summed E-state index contributed by atoms with van der Waals surface area (Å²) in [6.07, 6.45) is 3.42. The second kappa shape index (κ2) is 11.9. The van der Waals surface area contributed by atoms with Crippen LogP contribution in [0.25, 0.3) is 0 Å². The largest absolute Gasteiger partial charge is 0.379 e. The Morgan fingerprint density at radius 2 is 2.22 bits per heavy atom. The predicted octanol–water partition coefficient (Wildman–Crippen LogP) is 2.14. The van der Waals surface area contributed by atoms with E-state index in [1.807, 2.05) is 25.1 Å². The number of rotatable bonds is 10. The SMILES string of the molecule is CN=C(NCCCOCC1CCCO1)NCc1ccc(F)c(CN(C)C)c1. The Balaban J connectivity index is 1.64. The fraction of sp³-hybridized carbons (Fsp3) is 0.650. The van der Waals surface area contributed by atoms with Gasteiger partial charge in [0.25, 0.3) is 0 Å². The molecule has 1 fully saturated rings. The van der Waals surface area contributed by atoms with E-state index in [1.54, 1.807) is 13.1 Å². The zero-order valence-electron chi connectivity index (χ0n) is 16.8. The van der Waals surface area contributed by atoms with Gasteiger partial charge in [-0.25, -0.2) is 4.39 Å². The molecule has 27 heavy (non-hydrogen) atoms. The quantitative estimate of drug-likeness (QED) is 0.370. The smallest absolute Gasteiger partial charge is 0.191 e. The number of halogens is 1. The Bertz CT molecular complexity index is 589. The van der Waals surface area contributed by atoms with Crippen LogP contribution in [-0.2, 0) is 22.6 Å². The summed E-state index contributed by atoms with van der Waals surface area (Å²) in [6.45, 7) is 4.21. The third-order valence-electron chi connectivity index (χ3n) is 4.37. The summed E-state index contributed by atoms with van der Waals surface area (Å²) in [5.74, 6) is 0.561. The molecule has 1 aliphatic rings. The van der Waals surface area contributed by atoms with Crippen molar-refractivity contribution in [2.24, 2.45) is 4.99 Å². The van der Waals surface area contributed by atoms with Crippen LogP contribution in [0.15, 0.2) is 23.2 Å². The number of aliphatic imine (C=N–C) groups is 1. The predicted molar refractivity (Wildman–Crippen MR) is 106 cm³/mol. The van der Waals surface area contributed by atoms with Gasteiger partial charge in [-0.1, -0.05) is 6.07 Å². The zero-order chi connectivity index (χ0) is 19.5. The Kier molecular flexibility index (Phi) is 9.52. The van der Waals surface area contributed by atoms with Gasteiger partial charge >= 0.3 is 0 Å². The van der Waals surface area contributed by atoms with Crippen LogP contribution in [0.3, 0.4) is 0 Å². The molecule has 1 aromatic carbocycles. The first-order valence-electron chi connectivity index (χ1n) is 9.64. The molecule has 152 valence electrons. The summed E-state index contributed by atoms with van der Waals surface area (Å²) >= 11 is 0. The normalized spacial score (nSPS) is 17.5.